The molecule has 0 saturated carbocycles. The van der Waals surface area contributed by atoms with Gasteiger partial charge in [-0.05, 0) is 59.7 Å². The molecule has 2 aromatic heterocycles. The second-order valence-electron chi connectivity index (χ2n) is 8.26. The van der Waals surface area contributed by atoms with Crippen molar-refractivity contribution < 1.29 is 14.6 Å². The summed E-state index contributed by atoms with van der Waals surface area (Å²) in [7, 11) is 1.61. The van der Waals surface area contributed by atoms with E-state index in [4.69, 9.17) is 21.1 Å². The van der Waals surface area contributed by atoms with Crippen LogP contribution in [0.25, 0.3) is 10.9 Å². The van der Waals surface area contributed by atoms with Crippen LogP contribution in [-0.4, -0.2) is 38.3 Å². The van der Waals surface area contributed by atoms with Crippen LogP contribution in [-0.2, 0) is 19.6 Å². The van der Waals surface area contributed by atoms with E-state index in [0.29, 0.717) is 47.7 Å². The second kappa shape index (κ2) is 12.6. The predicted molar refractivity (Wildman–Crippen MR) is 150 cm³/mol. The average Bonchev–Trinajstić information content (AvgIpc) is 3.18. The van der Waals surface area contributed by atoms with Crippen LogP contribution in [0.15, 0.2) is 42.7 Å². The molecule has 0 saturated heterocycles. The Hall–Kier alpha value is -2.63. The standard InChI is InChI=1S/C26H29ClIN5O3/c1-3-4-9-24-32-25(27)21(15-34)33(24)10-6-11-36-23-13-19-20(14-22(23)35-2)29-16-30-26(19)31-18-8-5-7-17(28)12-18/h5,7-8,12-14,16,34H,3-4,6,9-11,15H2,1-2H3,(H,29,30,31). The molecule has 190 valence electrons. The highest BCUT2D eigenvalue weighted by Crippen LogP contribution is 2.35. The van der Waals surface area contributed by atoms with E-state index in [-0.39, 0.29) is 6.61 Å². The minimum atomic E-state index is -0.145. The molecule has 2 N–H and O–H groups in total. The first-order chi connectivity index (χ1) is 17.5. The molecule has 36 heavy (non-hydrogen) atoms. The summed E-state index contributed by atoms with van der Waals surface area (Å²) in [6.07, 6.45) is 5.14. The maximum Gasteiger partial charge on any atom is 0.162 e. The Bertz CT molecular complexity index is 1330. The van der Waals surface area contributed by atoms with Crippen LogP contribution in [0.2, 0.25) is 5.15 Å². The van der Waals surface area contributed by atoms with Gasteiger partial charge in [0, 0.05) is 33.7 Å². The van der Waals surface area contributed by atoms with E-state index in [2.05, 4.69) is 49.8 Å². The number of rotatable bonds is 12. The van der Waals surface area contributed by atoms with Crippen LogP contribution in [0.5, 0.6) is 11.5 Å². The second-order valence-corrected chi connectivity index (χ2v) is 9.86. The van der Waals surface area contributed by atoms with E-state index in [1.54, 1.807) is 7.11 Å². The van der Waals surface area contributed by atoms with Gasteiger partial charge < -0.3 is 24.5 Å². The zero-order valence-corrected chi connectivity index (χ0v) is 23.2. The number of aryl methyl sites for hydroxylation is 1. The summed E-state index contributed by atoms with van der Waals surface area (Å²) in [5, 5.41) is 14.4. The van der Waals surface area contributed by atoms with Crippen LogP contribution in [0.4, 0.5) is 11.5 Å². The fourth-order valence-electron chi connectivity index (χ4n) is 3.99. The molecule has 2 heterocycles. The summed E-state index contributed by atoms with van der Waals surface area (Å²) in [5.41, 5.74) is 2.34. The van der Waals surface area contributed by atoms with Gasteiger partial charge in [0.2, 0.25) is 0 Å². The van der Waals surface area contributed by atoms with Crippen molar-refractivity contribution in [3.8, 4) is 11.5 Å². The Morgan fingerprint density at radius 3 is 2.75 bits per heavy atom. The number of hydrogen-bond acceptors (Lipinski definition) is 7. The molecule has 4 rings (SSSR count). The molecule has 0 atom stereocenters. The van der Waals surface area contributed by atoms with Gasteiger partial charge in [0.05, 0.1) is 31.5 Å². The highest BCUT2D eigenvalue weighted by Gasteiger charge is 2.16. The molecular formula is C26H29ClIN5O3. The molecule has 0 aliphatic rings. The number of hydrogen-bond donors (Lipinski definition) is 2. The number of aliphatic hydroxyl groups is 1. The van der Waals surface area contributed by atoms with Crippen molar-refractivity contribution in [1.82, 2.24) is 19.5 Å². The quantitative estimate of drug-likeness (QED) is 0.145. The van der Waals surface area contributed by atoms with Crippen LogP contribution in [0, 0.1) is 3.57 Å². The highest BCUT2D eigenvalue weighted by atomic mass is 127. The zero-order valence-electron chi connectivity index (χ0n) is 20.3. The fraction of sp³-hybridized carbons (Fsp3) is 0.346. The summed E-state index contributed by atoms with van der Waals surface area (Å²) in [5.74, 6) is 2.81. The first-order valence-electron chi connectivity index (χ1n) is 11.9. The van der Waals surface area contributed by atoms with E-state index in [0.717, 1.165) is 45.2 Å². The number of aromatic nitrogens is 4. The molecule has 0 aliphatic carbocycles. The number of nitrogens with one attached hydrogen (secondary N) is 1. The lowest BCUT2D eigenvalue weighted by atomic mass is 10.2. The van der Waals surface area contributed by atoms with Gasteiger partial charge in [-0.3, -0.25) is 0 Å². The van der Waals surface area contributed by atoms with Gasteiger partial charge in [0.1, 0.15) is 18.0 Å². The summed E-state index contributed by atoms with van der Waals surface area (Å²) in [6, 6.07) is 11.8. The third-order valence-electron chi connectivity index (χ3n) is 5.80. The molecule has 10 heteroatoms. The van der Waals surface area contributed by atoms with Gasteiger partial charge in [-0.25, -0.2) is 15.0 Å². The number of ether oxygens (including phenoxy) is 2. The molecule has 2 aromatic carbocycles. The zero-order chi connectivity index (χ0) is 25.5. The number of aliphatic hydroxyl groups excluding tert-OH is 1. The van der Waals surface area contributed by atoms with Gasteiger partial charge in [0.25, 0.3) is 0 Å². The first kappa shape index (κ1) is 26.4. The van der Waals surface area contributed by atoms with E-state index in [9.17, 15) is 5.11 Å². The lowest BCUT2D eigenvalue weighted by molar-refractivity contribution is 0.261. The van der Waals surface area contributed by atoms with Gasteiger partial charge in [-0.15, -0.1) is 0 Å². The van der Waals surface area contributed by atoms with Crippen molar-refractivity contribution in [2.24, 2.45) is 0 Å². The van der Waals surface area contributed by atoms with E-state index < -0.39 is 0 Å². The maximum absolute atomic E-state index is 9.78. The maximum atomic E-state index is 9.78. The smallest absolute Gasteiger partial charge is 0.162 e. The number of benzene rings is 2. The number of fused-ring (bicyclic) bond motifs is 1. The first-order valence-corrected chi connectivity index (χ1v) is 13.3. The summed E-state index contributed by atoms with van der Waals surface area (Å²) in [6.45, 7) is 3.09. The SMILES string of the molecule is CCCCc1nc(Cl)c(CO)n1CCCOc1cc2c(Nc3cccc(I)c3)ncnc2cc1OC. The van der Waals surface area contributed by atoms with Gasteiger partial charge in [-0.1, -0.05) is 31.0 Å². The van der Waals surface area contributed by atoms with E-state index >= 15 is 0 Å². The van der Waals surface area contributed by atoms with Crippen molar-refractivity contribution in [3.63, 3.8) is 0 Å². The molecule has 0 aliphatic heterocycles. The number of unbranched alkanes of at least 4 members (excludes halogenated alkanes) is 1. The minimum Gasteiger partial charge on any atom is -0.493 e. The van der Waals surface area contributed by atoms with Gasteiger partial charge >= 0.3 is 0 Å². The molecule has 0 fully saturated rings. The van der Waals surface area contributed by atoms with Crippen LogP contribution in [0.3, 0.4) is 0 Å². The number of nitrogens with zero attached hydrogens (tertiary/aromatic N) is 4. The van der Waals surface area contributed by atoms with Crippen molar-refractivity contribution in [3.05, 3.63) is 63.0 Å². The minimum absolute atomic E-state index is 0.145. The third kappa shape index (κ3) is 6.19. The van der Waals surface area contributed by atoms with Crippen LogP contribution >= 0.6 is 34.2 Å². The highest BCUT2D eigenvalue weighted by molar-refractivity contribution is 14.1. The molecule has 4 aromatic rings. The summed E-state index contributed by atoms with van der Waals surface area (Å²) < 4.78 is 14.9. The number of halogens is 2. The van der Waals surface area contributed by atoms with Crippen molar-refractivity contribution in [2.75, 3.05) is 19.0 Å². The molecule has 0 bridgehead atoms. The van der Waals surface area contributed by atoms with Crippen LogP contribution in [0.1, 0.15) is 37.7 Å². The summed E-state index contributed by atoms with van der Waals surface area (Å²) in [4.78, 5) is 13.3. The van der Waals surface area contributed by atoms with Gasteiger partial charge in [-0.2, -0.15) is 0 Å². The lowest BCUT2D eigenvalue weighted by Gasteiger charge is -2.15. The largest absolute Gasteiger partial charge is 0.493 e. The summed E-state index contributed by atoms with van der Waals surface area (Å²) >= 11 is 8.54. The molecule has 0 spiro atoms. The fourth-order valence-corrected chi connectivity index (χ4v) is 4.79. The molecule has 0 unspecified atom stereocenters. The van der Waals surface area contributed by atoms with Crippen molar-refractivity contribution >= 4 is 56.6 Å². The van der Waals surface area contributed by atoms with E-state index in [1.165, 1.54) is 6.33 Å². The Balaban J connectivity index is 1.51. The number of imidazole rings is 1. The average molecular weight is 622 g/mol. The number of methoxy groups -OCH3 is 1. The third-order valence-corrected chi connectivity index (χ3v) is 6.77. The normalized spacial score (nSPS) is 11.1. The van der Waals surface area contributed by atoms with Crippen molar-refractivity contribution in [1.29, 1.82) is 0 Å². The monoisotopic (exact) mass is 621 g/mol. The molecule has 0 amide bonds. The van der Waals surface area contributed by atoms with Crippen molar-refractivity contribution in [2.45, 2.75) is 45.8 Å². The topological polar surface area (TPSA) is 94.3 Å². The number of anilines is 2. The molecular weight excluding hydrogens is 593 g/mol. The van der Waals surface area contributed by atoms with E-state index in [1.807, 2.05) is 41.0 Å². The molecule has 0 radical (unpaired) electrons. The van der Waals surface area contributed by atoms with Gasteiger partial charge in [0.15, 0.2) is 16.7 Å². The Morgan fingerprint density at radius 1 is 1.14 bits per heavy atom. The van der Waals surface area contributed by atoms with Crippen LogP contribution < -0.4 is 14.8 Å². The predicted octanol–water partition coefficient (Wildman–Crippen LogP) is 6.14. The Morgan fingerprint density at radius 2 is 2.00 bits per heavy atom. The Labute approximate surface area is 229 Å². The molecule has 8 nitrogen and oxygen atoms in total. The lowest BCUT2D eigenvalue weighted by Crippen LogP contribution is -2.11. The Kier molecular flexibility index (Phi) is 9.22.